The predicted molar refractivity (Wildman–Crippen MR) is 67.4 cm³/mol. The van der Waals surface area contributed by atoms with Gasteiger partial charge in [-0.15, -0.1) is 0 Å². The second-order valence-electron chi connectivity index (χ2n) is 4.63. The molecule has 0 spiro atoms. The van der Waals surface area contributed by atoms with Crippen LogP contribution in [0.2, 0.25) is 0 Å². The topological polar surface area (TPSA) is 66.4 Å². The van der Waals surface area contributed by atoms with E-state index in [4.69, 9.17) is 5.11 Å². The molecule has 4 nitrogen and oxygen atoms in total. The molecule has 18 heavy (non-hydrogen) atoms. The van der Waals surface area contributed by atoms with Gasteiger partial charge in [-0.05, 0) is 42.4 Å². The first-order valence-corrected chi connectivity index (χ1v) is 6.24. The van der Waals surface area contributed by atoms with Gasteiger partial charge in [-0.3, -0.25) is 9.59 Å². The Kier molecular flexibility index (Phi) is 3.97. The van der Waals surface area contributed by atoms with Gasteiger partial charge in [-0.25, -0.2) is 0 Å². The van der Waals surface area contributed by atoms with Gasteiger partial charge in [-0.1, -0.05) is 18.2 Å². The fourth-order valence-corrected chi connectivity index (χ4v) is 2.33. The number of rotatable bonds is 5. The van der Waals surface area contributed by atoms with Crippen LogP contribution in [0.15, 0.2) is 18.2 Å². The van der Waals surface area contributed by atoms with E-state index >= 15 is 0 Å². The van der Waals surface area contributed by atoms with Crippen molar-refractivity contribution in [2.75, 3.05) is 6.54 Å². The van der Waals surface area contributed by atoms with Crippen molar-refractivity contribution in [1.82, 2.24) is 5.32 Å². The molecule has 2 N–H and O–H groups in total. The monoisotopic (exact) mass is 247 g/mol. The third kappa shape index (κ3) is 3.32. The molecule has 0 saturated heterocycles. The summed E-state index contributed by atoms with van der Waals surface area (Å²) in [6.07, 6.45) is 3.84. The van der Waals surface area contributed by atoms with Crippen molar-refractivity contribution in [2.24, 2.45) is 0 Å². The van der Waals surface area contributed by atoms with Gasteiger partial charge in [0.05, 0.1) is 0 Å². The first kappa shape index (κ1) is 12.6. The zero-order valence-electron chi connectivity index (χ0n) is 10.2. The van der Waals surface area contributed by atoms with Crippen molar-refractivity contribution in [1.29, 1.82) is 0 Å². The number of amides is 1. The summed E-state index contributed by atoms with van der Waals surface area (Å²) in [4.78, 5) is 21.4. The van der Waals surface area contributed by atoms with Gasteiger partial charge >= 0.3 is 5.97 Å². The van der Waals surface area contributed by atoms with Gasteiger partial charge < -0.3 is 10.4 Å². The standard InChI is InChI=1S/C14H17NO3/c16-13(9-14(17)18)15-7-6-10-4-5-11-2-1-3-12(11)8-10/h4-5,8H,1-3,6-7,9H2,(H,15,16)(H,17,18). The molecular weight excluding hydrogens is 230 g/mol. The smallest absolute Gasteiger partial charge is 0.312 e. The molecular formula is C14H17NO3. The molecule has 0 saturated carbocycles. The van der Waals surface area contributed by atoms with E-state index in [-0.39, 0.29) is 0 Å². The van der Waals surface area contributed by atoms with Gasteiger partial charge in [0, 0.05) is 6.54 Å². The molecule has 2 rings (SSSR count). The molecule has 0 aliphatic heterocycles. The van der Waals surface area contributed by atoms with Crippen molar-refractivity contribution in [3.8, 4) is 0 Å². The third-order valence-electron chi connectivity index (χ3n) is 3.21. The van der Waals surface area contributed by atoms with Crippen LogP contribution in [0, 0.1) is 0 Å². The van der Waals surface area contributed by atoms with Crippen molar-refractivity contribution in [3.05, 3.63) is 34.9 Å². The van der Waals surface area contributed by atoms with Crippen molar-refractivity contribution in [3.63, 3.8) is 0 Å². The number of hydrogen-bond donors (Lipinski definition) is 2. The molecule has 0 unspecified atom stereocenters. The van der Waals surface area contributed by atoms with Crippen LogP contribution >= 0.6 is 0 Å². The van der Waals surface area contributed by atoms with Crippen LogP contribution in [0.4, 0.5) is 0 Å². The molecule has 1 aromatic carbocycles. The number of hydrogen-bond acceptors (Lipinski definition) is 2. The average molecular weight is 247 g/mol. The summed E-state index contributed by atoms with van der Waals surface area (Å²) in [5.41, 5.74) is 4.06. The molecule has 96 valence electrons. The van der Waals surface area contributed by atoms with E-state index in [0.29, 0.717) is 6.54 Å². The van der Waals surface area contributed by atoms with Gasteiger partial charge in [-0.2, -0.15) is 0 Å². The molecule has 0 fully saturated rings. The van der Waals surface area contributed by atoms with E-state index < -0.39 is 18.3 Å². The largest absolute Gasteiger partial charge is 0.481 e. The van der Waals surface area contributed by atoms with Crippen LogP contribution in [0.3, 0.4) is 0 Å². The van der Waals surface area contributed by atoms with E-state index in [2.05, 4.69) is 23.5 Å². The maximum Gasteiger partial charge on any atom is 0.312 e. The van der Waals surface area contributed by atoms with Crippen LogP contribution < -0.4 is 5.32 Å². The number of carbonyl (C=O) groups is 2. The summed E-state index contributed by atoms with van der Waals surface area (Å²) in [7, 11) is 0. The predicted octanol–water partition coefficient (Wildman–Crippen LogP) is 1.31. The fourth-order valence-electron chi connectivity index (χ4n) is 2.33. The number of aliphatic carboxylic acids is 1. The maximum absolute atomic E-state index is 11.1. The highest BCUT2D eigenvalue weighted by molar-refractivity contribution is 5.93. The lowest BCUT2D eigenvalue weighted by atomic mass is 10.0. The first-order chi connectivity index (χ1) is 8.65. The van der Waals surface area contributed by atoms with E-state index in [1.54, 1.807) is 0 Å². The number of nitrogens with one attached hydrogen (secondary N) is 1. The Morgan fingerprint density at radius 2 is 2.00 bits per heavy atom. The van der Waals surface area contributed by atoms with E-state index in [1.807, 2.05) is 0 Å². The first-order valence-electron chi connectivity index (χ1n) is 6.24. The van der Waals surface area contributed by atoms with Crippen molar-refractivity contribution < 1.29 is 14.7 Å². The summed E-state index contributed by atoms with van der Waals surface area (Å²) in [5.74, 6) is -1.52. The summed E-state index contributed by atoms with van der Waals surface area (Å²) >= 11 is 0. The molecule has 0 bridgehead atoms. The molecule has 0 radical (unpaired) electrons. The summed E-state index contributed by atoms with van der Waals surface area (Å²) in [6.45, 7) is 0.491. The number of benzene rings is 1. The van der Waals surface area contributed by atoms with Gasteiger partial charge in [0.15, 0.2) is 0 Å². The highest BCUT2D eigenvalue weighted by Crippen LogP contribution is 2.22. The van der Waals surface area contributed by atoms with Crippen LogP contribution in [0.25, 0.3) is 0 Å². The highest BCUT2D eigenvalue weighted by atomic mass is 16.4. The summed E-state index contributed by atoms with van der Waals surface area (Å²) in [6, 6.07) is 6.45. The van der Waals surface area contributed by atoms with Crippen LogP contribution in [0.5, 0.6) is 0 Å². The molecule has 1 amide bonds. The third-order valence-corrected chi connectivity index (χ3v) is 3.21. The lowest BCUT2D eigenvalue weighted by Crippen LogP contribution is -2.27. The number of carboxylic acids is 1. The Morgan fingerprint density at radius 3 is 2.78 bits per heavy atom. The zero-order chi connectivity index (χ0) is 13.0. The van der Waals surface area contributed by atoms with Crippen LogP contribution in [0.1, 0.15) is 29.5 Å². The van der Waals surface area contributed by atoms with Gasteiger partial charge in [0.25, 0.3) is 0 Å². The van der Waals surface area contributed by atoms with Crippen LogP contribution in [-0.4, -0.2) is 23.5 Å². The lowest BCUT2D eigenvalue weighted by molar-refractivity contribution is -0.140. The van der Waals surface area contributed by atoms with E-state index in [0.717, 1.165) is 12.8 Å². The number of carboxylic acid groups (broad SMARTS) is 1. The Hall–Kier alpha value is -1.84. The molecule has 0 aromatic heterocycles. The molecule has 4 heteroatoms. The molecule has 1 aliphatic carbocycles. The Bertz CT molecular complexity index is 468. The van der Waals surface area contributed by atoms with E-state index in [9.17, 15) is 9.59 Å². The summed E-state index contributed by atoms with van der Waals surface area (Å²) in [5, 5.41) is 11.1. The Balaban J connectivity index is 1.80. The Labute approximate surface area is 106 Å². The minimum absolute atomic E-state index is 0.427. The highest BCUT2D eigenvalue weighted by Gasteiger charge is 2.11. The maximum atomic E-state index is 11.1. The quantitative estimate of drug-likeness (QED) is 0.771. The van der Waals surface area contributed by atoms with Crippen molar-refractivity contribution in [2.45, 2.75) is 32.1 Å². The fraction of sp³-hybridized carbons (Fsp3) is 0.429. The number of fused-ring (bicyclic) bond motifs is 1. The molecule has 0 atom stereocenters. The van der Waals surface area contributed by atoms with Gasteiger partial charge in [0.2, 0.25) is 5.91 Å². The van der Waals surface area contributed by atoms with E-state index in [1.165, 1.54) is 29.5 Å². The normalized spacial score (nSPS) is 13.1. The number of carbonyl (C=O) groups excluding carboxylic acids is 1. The SMILES string of the molecule is O=C(O)CC(=O)NCCc1ccc2c(c1)CCC2. The summed E-state index contributed by atoms with van der Waals surface area (Å²) < 4.78 is 0. The second-order valence-corrected chi connectivity index (χ2v) is 4.63. The zero-order valence-corrected chi connectivity index (χ0v) is 10.2. The average Bonchev–Trinajstić information content (AvgIpc) is 2.75. The van der Waals surface area contributed by atoms with Gasteiger partial charge in [0.1, 0.15) is 6.42 Å². The minimum Gasteiger partial charge on any atom is -0.481 e. The van der Waals surface area contributed by atoms with Crippen LogP contribution in [-0.2, 0) is 28.9 Å². The Morgan fingerprint density at radius 1 is 1.22 bits per heavy atom. The van der Waals surface area contributed by atoms with Crippen molar-refractivity contribution >= 4 is 11.9 Å². The second kappa shape index (κ2) is 5.67. The molecule has 1 aliphatic rings. The molecule has 1 aromatic rings. The minimum atomic E-state index is -1.09. The number of aryl methyl sites for hydroxylation is 2. The molecule has 0 heterocycles. The lowest BCUT2D eigenvalue weighted by Gasteiger charge is -2.06.